The maximum Gasteiger partial charge on any atom is 0.194 e. The predicted octanol–water partition coefficient (Wildman–Crippen LogP) is 3.08. The minimum Gasteiger partial charge on any atom is -0.469 e. The van der Waals surface area contributed by atoms with E-state index in [-0.39, 0.29) is 24.0 Å². The van der Waals surface area contributed by atoms with Crippen LogP contribution in [0.25, 0.3) is 0 Å². The van der Waals surface area contributed by atoms with Gasteiger partial charge in [0.2, 0.25) is 0 Å². The second kappa shape index (κ2) is 11.3. The van der Waals surface area contributed by atoms with Crippen LogP contribution in [0.2, 0.25) is 0 Å². The summed E-state index contributed by atoms with van der Waals surface area (Å²) in [4.78, 5) is 9.44. The number of piperazine rings is 1. The van der Waals surface area contributed by atoms with Gasteiger partial charge in [0.05, 0.1) is 18.5 Å². The molecule has 0 aromatic carbocycles. The Labute approximate surface area is 183 Å². The van der Waals surface area contributed by atoms with Crippen LogP contribution in [0.3, 0.4) is 0 Å². The van der Waals surface area contributed by atoms with Crippen molar-refractivity contribution in [2.75, 3.05) is 39.3 Å². The summed E-state index contributed by atoms with van der Waals surface area (Å²) in [6, 6.07) is 5.92. The van der Waals surface area contributed by atoms with Crippen molar-refractivity contribution in [2.24, 2.45) is 4.99 Å². The van der Waals surface area contributed by atoms with Gasteiger partial charge in [-0.2, -0.15) is 0 Å². The van der Waals surface area contributed by atoms with E-state index >= 15 is 0 Å². The summed E-state index contributed by atoms with van der Waals surface area (Å²) in [5, 5.41) is 7.57. The number of halogens is 1. The lowest BCUT2D eigenvalue weighted by molar-refractivity contribution is 0.169. The molecule has 1 saturated heterocycles. The third-order valence-corrected chi connectivity index (χ3v) is 4.47. The molecule has 2 aromatic heterocycles. The monoisotopic (exact) mass is 499 g/mol. The fourth-order valence-corrected chi connectivity index (χ4v) is 3.07. The molecule has 1 aliphatic heterocycles. The topological polar surface area (TPSA) is 70.0 Å². The molecule has 3 rings (SSSR count). The predicted molar refractivity (Wildman–Crippen MR) is 121 cm³/mol. The number of rotatable bonds is 7. The van der Waals surface area contributed by atoms with Gasteiger partial charge in [0.25, 0.3) is 0 Å². The summed E-state index contributed by atoms with van der Waals surface area (Å²) in [6.45, 7) is 13.9. The van der Waals surface area contributed by atoms with E-state index in [9.17, 15) is 0 Å². The first-order valence-electron chi connectivity index (χ1n) is 9.45. The van der Waals surface area contributed by atoms with Gasteiger partial charge in [0.1, 0.15) is 11.5 Å². The fraction of sp³-hybridized carbons (Fsp3) is 0.500. The largest absolute Gasteiger partial charge is 0.469 e. The number of hydrogen-bond donors (Lipinski definition) is 1. The zero-order valence-electron chi connectivity index (χ0n) is 16.7. The minimum absolute atomic E-state index is 0. The Morgan fingerprint density at radius 1 is 1.32 bits per heavy atom. The van der Waals surface area contributed by atoms with E-state index in [2.05, 4.69) is 26.9 Å². The molecule has 0 saturated carbocycles. The van der Waals surface area contributed by atoms with E-state index < -0.39 is 0 Å². The van der Waals surface area contributed by atoms with Crippen molar-refractivity contribution >= 4 is 29.9 Å². The first-order valence-corrected chi connectivity index (χ1v) is 9.45. The second-order valence-electron chi connectivity index (χ2n) is 7.05. The zero-order valence-corrected chi connectivity index (χ0v) is 19.0. The van der Waals surface area contributed by atoms with Gasteiger partial charge in [0, 0.05) is 51.8 Å². The van der Waals surface area contributed by atoms with Gasteiger partial charge in [-0.25, -0.2) is 4.99 Å². The number of furan rings is 1. The third-order valence-electron chi connectivity index (χ3n) is 4.47. The Hall–Kier alpha value is -1.81. The molecule has 28 heavy (non-hydrogen) atoms. The van der Waals surface area contributed by atoms with Crippen molar-refractivity contribution < 1.29 is 8.94 Å². The average Bonchev–Trinajstić information content (AvgIpc) is 3.30. The van der Waals surface area contributed by atoms with Gasteiger partial charge in [0.15, 0.2) is 5.96 Å². The molecule has 0 atom stereocenters. The molecule has 0 unspecified atom stereocenters. The number of aromatic nitrogens is 1. The van der Waals surface area contributed by atoms with Crippen molar-refractivity contribution in [3.05, 3.63) is 53.8 Å². The molecule has 0 radical (unpaired) electrons. The molecule has 7 nitrogen and oxygen atoms in total. The molecule has 0 amide bonds. The SMILES string of the molecule is C=C(C)CN=C(NCCc1ccco1)N1CCN(Cc2cc(C)on2)CC1.I. The van der Waals surface area contributed by atoms with Crippen molar-refractivity contribution in [3.8, 4) is 0 Å². The van der Waals surface area contributed by atoms with Crippen molar-refractivity contribution in [3.63, 3.8) is 0 Å². The highest BCUT2D eigenvalue weighted by atomic mass is 127. The lowest BCUT2D eigenvalue weighted by atomic mass is 10.3. The molecular weight excluding hydrogens is 469 g/mol. The molecule has 0 bridgehead atoms. The zero-order chi connectivity index (χ0) is 19.1. The number of hydrogen-bond acceptors (Lipinski definition) is 5. The Kier molecular flexibility index (Phi) is 9.04. The molecule has 0 spiro atoms. The molecule has 8 heteroatoms. The van der Waals surface area contributed by atoms with Crippen LogP contribution >= 0.6 is 24.0 Å². The van der Waals surface area contributed by atoms with Gasteiger partial charge >= 0.3 is 0 Å². The van der Waals surface area contributed by atoms with Crippen LogP contribution in [0.1, 0.15) is 24.1 Å². The van der Waals surface area contributed by atoms with E-state index in [1.165, 1.54) is 0 Å². The van der Waals surface area contributed by atoms with E-state index in [0.29, 0.717) is 6.54 Å². The quantitative estimate of drug-likeness (QED) is 0.273. The molecule has 154 valence electrons. The van der Waals surface area contributed by atoms with E-state index in [1.54, 1.807) is 6.26 Å². The van der Waals surface area contributed by atoms with Gasteiger partial charge in [-0.15, -0.1) is 24.0 Å². The summed E-state index contributed by atoms with van der Waals surface area (Å²) in [5.74, 6) is 2.79. The van der Waals surface area contributed by atoms with Crippen LogP contribution in [-0.4, -0.2) is 60.2 Å². The van der Waals surface area contributed by atoms with Crippen molar-refractivity contribution in [2.45, 2.75) is 26.8 Å². The minimum atomic E-state index is 0. The standard InChI is InChI=1S/C20H29N5O2.HI/c1-16(2)14-22-20(21-7-6-19-5-4-12-26-19)25-10-8-24(9-11-25)15-18-13-17(3)27-23-18;/h4-5,12-13H,1,6-11,14-15H2,2-3H3,(H,21,22);1H. The molecule has 3 heterocycles. The highest BCUT2D eigenvalue weighted by Gasteiger charge is 2.20. The first-order chi connectivity index (χ1) is 13.1. The maximum absolute atomic E-state index is 5.40. The first kappa shape index (κ1) is 22.5. The number of aryl methyl sites for hydroxylation is 1. The van der Waals surface area contributed by atoms with Crippen LogP contribution in [-0.2, 0) is 13.0 Å². The summed E-state index contributed by atoms with van der Waals surface area (Å²) < 4.78 is 10.6. The van der Waals surface area contributed by atoms with Crippen LogP contribution in [0.5, 0.6) is 0 Å². The smallest absolute Gasteiger partial charge is 0.194 e. The summed E-state index contributed by atoms with van der Waals surface area (Å²) >= 11 is 0. The fourth-order valence-electron chi connectivity index (χ4n) is 3.07. The van der Waals surface area contributed by atoms with Gasteiger partial charge in [-0.3, -0.25) is 4.90 Å². The normalized spacial score (nSPS) is 15.4. The van der Waals surface area contributed by atoms with Crippen LogP contribution < -0.4 is 5.32 Å². The Bertz CT molecular complexity index is 748. The Balaban J connectivity index is 0.00000280. The van der Waals surface area contributed by atoms with Crippen LogP contribution in [0, 0.1) is 6.92 Å². The number of aliphatic imine (C=N–C) groups is 1. The molecule has 1 fully saturated rings. The number of guanidine groups is 1. The van der Waals surface area contributed by atoms with E-state index in [4.69, 9.17) is 13.9 Å². The van der Waals surface area contributed by atoms with Gasteiger partial charge in [-0.05, 0) is 26.0 Å². The maximum atomic E-state index is 5.40. The van der Waals surface area contributed by atoms with Gasteiger partial charge in [-0.1, -0.05) is 17.3 Å². The summed E-state index contributed by atoms with van der Waals surface area (Å²) in [6.07, 6.45) is 2.55. The molecule has 0 aliphatic carbocycles. The number of nitrogens with zero attached hydrogens (tertiary/aromatic N) is 4. The highest BCUT2D eigenvalue weighted by Crippen LogP contribution is 2.09. The van der Waals surface area contributed by atoms with Crippen molar-refractivity contribution in [1.82, 2.24) is 20.3 Å². The van der Waals surface area contributed by atoms with E-state index in [0.717, 1.165) is 74.4 Å². The molecule has 1 N–H and O–H groups in total. The van der Waals surface area contributed by atoms with Crippen LogP contribution in [0.4, 0.5) is 0 Å². The highest BCUT2D eigenvalue weighted by molar-refractivity contribution is 14.0. The lowest BCUT2D eigenvalue weighted by Gasteiger charge is -2.36. The Morgan fingerprint density at radius 2 is 2.11 bits per heavy atom. The Morgan fingerprint density at radius 3 is 2.71 bits per heavy atom. The summed E-state index contributed by atoms with van der Waals surface area (Å²) in [5.41, 5.74) is 2.05. The van der Waals surface area contributed by atoms with Crippen molar-refractivity contribution in [1.29, 1.82) is 0 Å². The molecule has 1 aliphatic rings. The third kappa shape index (κ3) is 6.97. The second-order valence-corrected chi connectivity index (χ2v) is 7.05. The lowest BCUT2D eigenvalue weighted by Crippen LogP contribution is -2.52. The van der Waals surface area contributed by atoms with Crippen LogP contribution in [0.15, 0.2) is 50.5 Å². The van der Waals surface area contributed by atoms with E-state index in [1.807, 2.05) is 32.0 Å². The van der Waals surface area contributed by atoms with Gasteiger partial charge < -0.3 is 19.2 Å². The molecule has 2 aromatic rings. The average molecular weight is 499 g/mol. The molecular formula is C20H30IN5O2. The summed E-state index contributed by atoms with van der Waals surface area (Å²) in [7, 11) is 0. The number of nitrogens with one attached hydrogen (secondary N) is 1.